The second kappa shape index (κ2) is 5.62. The van der Waals surface area contributed by atoms with Crippen molar-refractivity contribution in [2.75, 3.05) is 6.61 Å². The van der Waals surface area contributed by atoms with Crippen LogP contribution in [-0.4, -0.2) is 18.4 Å². The summed E-state index contributed by atoms with van der Waals surface area (Å²) in [6, 6.07) is 0. The smallest absolute Gasteiger partial charge is 0.428 e. The molecule has 0 heterocycles. The van der Waals surface area contributed by atoms with Crippen LogP contribution >= 0.6 is 0 Å². The van der Waals surface area contributed by atoms with Gasteiger partial charge in [-0.3, -0.25) is 0 Å². The third-order valence-corrected chi connectivity index (χ3v) is 0.823. The molecule has 0 rings (SSSR count). The van der Waals surface area contributed by atoms with E-state index in [1.54, 1.807) is 27.7 Å². The Balaban J connectivity index is 3.50. The molecule has 14 heavy (non-hydrogen) atoms. The summed E-state index contributed by atoms with van der Waals surface area (Å²) in [6.45, 7) is 10.6. The Morgan fingerprint density at radius 2 is 1.93 bits per heavy atom. The van der Waals surface area contributed by atoms with Crippen LogP contribution in [0.4, 0.5) is 4.79 Å². The Morgan fingerprint density at radius 3 is 2.36 bits per heavy atom. The van der Waals surface area contributed by atoms with Crippen molar-refractivity contribution in [2.45, 2.75) is 33.3 Å². The molecule has 0 spiro atoms. The molecular formula is C9H16O5. The third-order valence-electron chi connectivity index (χ3n) is 0.823. The van der Waals surface area contributed by atoms with E-state index >= 15 is 0 Å². The molecule has 0 aliphatic carbocycles. The van der Waals surface area contributed by atoms with E-state index < -0.39 is 11.8 Å². The molecule has 0 aromatic rings. The van der Waals surface area contributed by atoms with Gasteiger partial charge in [0.1, 0.15) is 6.61 Å². The van der Waals surface area contributed by atoms with Crippen molar-refractivity contribution < 1.29 is 24.3 Å². The molecule has 0 saturated carbocycles. The molecule has 0 aromatic heterocycles. The second-order valence-electron chi connectivity index (χ2n) is 3.84. The minimum absolute atomic E-state index is 0.0950. The Hall–Kier alpha value is -1.07. The summed E-state index contributed by atoms with van der Waals surface area (Å²) >= 11 is 0. The van der Waals surface area contributed by atoms with Gasteiger partial charge in [-0.05, 0) is 38.3 Å². The van der Waals surface area contributed by atoms with Crippen molar-refractivity contribution in [1.82, 2.24) is 0 Å². The fraction of sp³-hybridized carbons (Fsp3) is 0.667. The van der Waals surface area contributed by atoms with E-state index in [2.05, 4.69) is 26.1 Å². The highest BCUT2D eigenvalue weighted by Crippen LogP contribution is 2.07. The summed E-state index contributed by atoms with van der Waals surface area (Å²) in [7, 11) is 0. The molecular weight excluding hydrogens is 188 g/mol. The zero-order valence-electron chi connectivity index (χ0n) is 8.96. The Morgan fingerprint density at radius 1 is 1.36 bits per heavy atom. The molecule has 0 aliphatic heterocycles. The van der Waals surface area contributed by atoms with E-state index in [4.69, 9.17) is 0 Å². The highest BCUT2D eigenvalue weighted by atomic mass is 17.5. The summed E-state index contributed by atoms with van der Waals surface area (Å²) in [5, 5.41) is 4.19. The Labute approximate surface area is 83.4 Å². The number of hydrogen-bond acceptors (Lipinski definition) is 5. The van der Waals surface area contributed by atoms with Gasteiger partial charge in [0.2, 0.25) is 0 Å². The van der Waals surface area contributed by atoms with Gasteiger partial charge in [-0.15, -0.1) is 0 Å². The lowest BCUT2D eigenvalue weighted by Crippen LogP contribution is -2.21. The second-order valence-corrected chi connectivity index (χ2v) is 3.84. The van der Waals surface area contributed by atoms with Crippen LogP contribution in [0.5, 0.6) is 0 Å². The molecule has 0 bridgehead atoms. The van der Waals surface area contributed by atoms with E-state index in [0.717, 1.165) is 0 Å². The molecule has 0 N–H and O–H groups in total. The van der Waals surface area contributed by atoms with Crippen LogP contribution in [0.25, 0.3) is 0 Å². The monoisotopic (exact) mass is 204 g/mol. The summed E-state index contributed by atoms with van der Waals surface area (Å²) < 4.78 is 4.55. The van der Waals surface area contributed by atoms with E-state index in [0.29, 0.717) is 5.57 Å². The van der Waals surface area contributed by atoms with Crippen LogP contribution < -0.4 is 0 Å². The first-order valence-corrected chi connectivity index (χ1v) is 4.15. The molecule has 0 unspecified atom stereocenters. The maximum absolute atomic E-state index is 10.7. The molecule has 0 fully saturated rings. The first-order chi connectivity index (χ1) is 6.31. The van der Waals surface area contributed by atoms with Crippen molar-refractivity contribution in [1.29, 1.82) is 0 Å². The molecule has 82 valence electrons. The zero-order chi connectivity index (χ0) is 11.2. The van der Waals surface area contributed by atoms with E-state index in [1.165, 1.54) is 0 Å². The third kappa shape index (κ3) is 9.02. The molecule has 0 radical (unpaired) electrons. The predicted molar refractivity (Wildman–Crippen MR) is 49.2 cm³/mol. The number of hydrogen-bond donors (Lipinski definition) is 0. The van der Waals surface area contributed by atoms with E-state index in [9.17, 15) is 4.79 Å². The topological polar surface area (TPSA) is 54.0 Å². The van der Waals surface area contributed by atoms with Crippen LogP contribution in [-0.2, 0) is 19.6 Å². The van der Waals surface area contributed by atoms with E-state index in [1.807, 2.05) is 0 Å². The van der Waals surface area contributed by atoms with E-state index in [-0.39, 0.29) is 6.61 Å². The summed E-state index contributed by atoms with van der Waals surface area (Å²) in [5.41, 5.74) is 0.160. The minimum atomic E-state index is -0.961. The fourth-order valence-corrected chi connectivity index (χ4v) is 0.353. The van der Waals surface area contributed by atoms with Crippen LogP contribution in [0.2, 0.25) is 0 Å². The van der Waals surface area contributed by atoms with Gasteiger partial charge in [-0.2, -0.15) is 4.89 Å². The molecule has 5 nitrogen and oxygen atoms in total. The number of carbonyl (C=O) groups excluding carboxylic acids is 1. The maximum atomic E-state index is 10.7. The standard InChI is InChI=1S/C9H16O5/c1-7(2)6-11-8(10)12-14-13-9(3,4)5/h1,6H2,2-5H3. The molecule has 0 aliphatic rings. The lowest BCUT2D eigenvalue weighted by Gasteiger charge is -2.15. The summed E-state index contributed by atoms with van der Waals surface area (Å²) in [5.74, 6) is 0. The highest BCUT2D eigenvalue weighted by molar-refractivity contribution is 5.59. The largest absolute Gasteiger partial charge is 0.542 e. The number of carbonyl (C=O) groups is 1. The first-order valence-electron chi connectivity index (χ1n) is 4.15. The quantitative estimate of drug-likeness (QED) is 0.304. The van der Waals surface area contributed by atoms with Crippen LogP contribution in [0, 0.1) is 0 Å². The van der Waals surface area contributed by atoms with Crippen molar-refractivity contribution in [3.63, 3.8) is 0 Å². The average molecular weight is 204 g/mol. The lowest BCUT2D eigenvalue weighted by atomic mass is 10.2. The molecule has 5 heteroatoms. The van der Waals surface area contributed by atoms with Gasteiger partial charge in [0.25, 0.3) is 0 Å². The van der Waals surface area contributed by atoms with Crippen LogP contribution in [0.3, 0.4) is 0 Å². The molecule has 0 aromatic carbocycles. The van der Waals surface area contributed by atoms with Crippen LogP contribution in [0.15, 0.2) is 12.2 Å². The van der Waals surface area contributed by atoms with Gasteiger partial charge in [-0.25, -0.2) is 9.68 Å². The van der Waals surface area contributed by atoms with Gasteiger partial charge < -0.3 is 4.74 Å². The Kier molecular flexibility index (Phi) is 5.19. The number of ether oxygens (including phenoxy) is 1. The van der Waals surface area contributed by atoms with Gasteiger partial charge in [0.15, 0.2) is 0 Å². The zero-order valence-corrected chi connectivity index (χ0v) is 8.96. The molecule has 0 amide bonds. The lowest BCUT2D eigenvalue weighted by molar-refractivity contribution is -0.514. The van der Waals surface area contributed by atoms with Gasteiger partial charge in [-0.1, -0.05) is 6.58 Å². The van der Waals surface area contributed by atoms with Gasteiger partial charge >= 0.3 is 6.16 Å². The van der Waals surface area contributed by atoms with Crippen LogP contribution in [0.1, 0.15) is 27.7 Å². The fourth-order valence-electron chi connectivity index (χ4n) is 0.353. The normalized spacial score (nSPS) is 10.9. The summed E-state index contributed by atoms with van der Waals surface area (Å²) in [4.78, 5) is 19.5. The molecule has 0 atom stereocenters. The van der Waals surface area contributed by atoms with Crippen molar-refractivity contribution in [3.05, 3.63) is 12.2 Å². The maximum Gasteiger partial charge on any atom is 0.542 e. The average Bonchev–Trinajstić information content (AvgIpc) is 1.98. The first kappa shape index (κ1) is 12.9. The number of rotatable bonds is 4. The minimum Gasteiger partial charge on any atom is -0.428 e. The predicted octanol–water partition coefficient (Wildman–Crippen LogP) is 2.38. The Bertz CT molecular complexity index is 204. The summed E-state index contributed by atoms with van der Waals surface area (Å²) in [6.07, 6.45) is -0.961. The van der Waals surface area contributed by atoms with Gasteiger partial charge in [0, 0.05) is 0 Å². The van der Waals surface area contributed by atoms with Crippen molar-refractivity contribution in [3.8, 4) is 0 Å². The van der Waals surface area contributed by atoms with Crippen molar-refractivity contribution >= 4 is 6.16 Å². The molecule has 0 saturated heterocycles. The highest BCUT2D eigenvalue weighted by Gasteiger charge is 2.14. The SMILES string of the molecule is C=C(C)COC(=O)OOOC(C)(C)C. The van der Waals surface area contributed by atoms with Crippen molar-refractivity contribution in [2.24, 2.45) is 0 Å². The van der Waals surface area contributed by atoms with Gasteiger partial charge in [0.05, 0.1) is 5.60 Å².